The molecule has 4 aromatic carbocycles. The molecule has 4 unspecified atom stereocenters. The molecule has 14 rings (SSSR count). The number of nitrogens with one attached hydrogen (secondary N) is 4. The first-order valence-corrected chi connectivity index (χ1v) is 25.8. The molecule has 2 aromatic heterocycles. The number of H-pyrrole nitrogens is 2. The van der Waals surface area contributed by atoms with Gasteiger partial charge in [0, 0.05) is 12.8 Å². The van der Waals surface area contributed by atoms with E-state index in [-0.39, 0.29) is 36.7 Å². The lowest BCUT2D eigenvalue weighted by Crippen LogP contribution is -2.52. The lowest BCUT2D eigenvalue weighted by Gasteiger charge is -2.30. The van der Waals surface area contributed by atoms with Crippen LogP contribution in [0.5, 0.6) is 0 Å². The number of carbonyl (C=O) groups is 4. The maximum absolute atomic E-state index is 14.3. The Morgan fingerprint density at radius 3 is 1.36 bits per heavy atom. The van der Waals surface area contributed by atoms with Gasteiger partial charge in [-0.3, -0.25) is 9.59 Å². The van der Waals surface area contributed by atoms with Crippen LogP contribution in [0.2, 0.25) is 0 Å². The minimum atomic E-state index is -0.952. The highest BCUT2D eigenvalue weighted by Crippen LogP contribution is 2.45. The van der Waals surface area contributed by atoms with Crippen molar-refractivity contribution >= 4 is 46.1 Å². The van der Waals surface area contributed by atoms with Gasteiger partial charge >= 0.3 is 12.2 Å². The van der Waals surface area contributed by atoms with E-state index in [9.17, 15) is 19.2 Å². The van der Waals surface area contributed by atoms with Crippen molar-refractivity contribution in [2.24, 2.45) is 11.8 Å². The Morgan fingerprint density at radius 2 is 0.986 bits per heavy atom. The van der Waals surface area contributed by atoms with Gasteiger partial charge in [-0.05, 0) is 106 Å². The minimum absolute atomic E-state index is 0.202. The Morgan fingerprint density at radius 1 is 0.581 bits per heavy atom. The molecule has 4 fully saturated rings. The first-order chi connectivity index (χ1) is 35.7. The molecule has 4 bridgehead atoms. The van der Waals surface area contributed by atoms with Crippen molar-refractivity contribution in [1.29, 1.82) is 0 Å². The summed E-state index contributed by atoms with van der Waals surface area (Å²) < 4.78 is 34.2. The molecule has 388 valence electrons. The van der Waals surface area contributed by atoms with E-state index < -0.39 is 47.9 Å². The van der Waals surface area contributed by atoms with E-state index >= 15 is 0 Å². The second-order valence-electron chi connectivity index (χ2n) is 21.0. The molecule has 18 heteroatoms. The fourth-order valence-electron chi connectivity index (χ4n) is 11.6. The van der Waals surface area contributed by atoms with Crippen LogP contribution in [0.3, 0.4) is 0 Å². The van der Waals surface area contributed by atoms with E-state index in [0.717, 1.165) is 58.9 Å². The predicted molar refractivity (Wildman–Crippen MR) is 274 cm³/mol. The summed E-state index contributed by atoms with van der Waals surface area (Å²) in [7, 11) is 2.57. The lowest BCUT2D eigenvalue weighted by molar-refractivity contribution is -0.153. The topological polar surface area (TPSA) is 212 Å². The molecule has 4 N–H and O–H groups in total. The van der Waals surface area contributed by atoms with Crippen molar-refractivity contribution in [3.05, 3.63) is 107 Å². The molecule has 2 spiro atoms. The Labute approximate surface area is 429 Å². The normalized spacial score (nSPS) is 20.8. The standard InChI is InChI=1S/C56H64N8O10/c1-31(2)47(61-53(67)69-5)51(65)63-29-55(71-19-20-72-55)27-45(63)49-57-41-17-15-37(25-43(41)59-49)39-23-33-7-11-35(39)13-9-34-8-12-36(14-10-33)40(24-34)38-16-18-42-44(26-38)60-50(58-42)46-28-56(73-21-22-74-56)30-64(46)52(66)48(32(3)4)62-54(68)70-6/h7-8,11-12,15-18,23-26,31-32,45-48H,9-10,13-14,19-22,27-30H2,1-6H3,(H,57,59)(H,58,60)(H,61,67)(H,62,68). The second-order valence-corrected chi connectivity index (χ2v) is 21.0. The lowest BCUT2D eigenvalue weighted by atomic mass is 9.87. The first kappa shape index (κ1) is 49.4. The Bertz CT molecular complexity index is 2930. The number of alkyl carbamates (subject to hydrolysis) is 2. The molecule has 4 aliphatic carbocycles. The van der Waals surface area contributed by atoms with Gasteiger partial charge in [-0.2, -0.15) is 0 Å². The van der Waals surface area contributed by atoms with Crippen molar-refractivity contribution in [3.63, 3.8) is 0 Å². The third-order valence-electron chi connectivity index (χ3n) is 15.5. The maximum atomic E-state index is 14.3. The van der Waals surface area contributed by atoms with Crippen molar-refractivity contribution < 1.29 is 47.6 Å². The van der Waals surface area contributed by atoms with Gasteiger partial charge in [-0.25, -0.2) is 19.6 Å². The number of rotatable bonds is 10. The highest BCUT2D eigenvalue weighted by Gasteiger charge is 2.54. The molecule has 4 aliphatic heterocycles. The number of carbonyl (C=O) groups excluding carboxylic acids is 4. The predicted octanol–water partition coefficient (Wildman–Crippen LogP) is 7.45. The van der Waals surface area contributed by atoms with Crippen LogP contribution in [0.15, 0.2) is 72.8 Å². The van der Waals surface area contributed by atoms with E-state index in [4.69, 9.17) is 38.4 Å². The van der Waals surface area contributed by atoms with Crippen LogP contribution in [0.4, 0.5) is 9.59 Å². The largest absolute Gasteiger partial charge is 0.453 e. The van der Waals surface area contributed by atoms with Crippen LogP contribution in [-0.2, 0) is 63.7 Å². The fourth-order valence-corrected chi connectivity index (χ4v) is 11.6. The number of ether oxygens (including phenoxy) is 6. The zero-order valence-corrected chi connectivity index (χ0v) is 42.7. The van der Waals surface area contributed by atoms with Gasteiger partial charge in [0.1, 0.15) is 23.7 Å². The van der Waals surface area contributed by atoms with Crippen LogP contribution >= 0.6 is 0 Å². The van der Waals surface area contributed by atoms with Crippen molar-refractivity contribution in [1.82, 2.24) is 40.4 Å². The van der Waals surface area contributed by atoms with E-state index in [1.165, 1.54) is 47.6 Å². The molecule has 0 saturated carbocycles. The van der Waals surface area contributed by atoms with Gasteiger partial charge in [0.15, 0.2) is 11.6 Å². The first-order valence-electron chi connectivity index (χ1n) is 25.8. The van der Waals surface area contributed by atoms with Gasteiger partial charge in [0.25, 0.3) is 0 Å². The highest BCUT2D eigenvalue weighted by atomic mass is 16.7. The molecule has 4 amide bonds. The average molecular weight is 1010 g/mol. The van der Waals surface area contributed by atoms with Gasteiger partial charge < -0.3 is 58.8 Å². The van der Waals surface area contributed by atoms with Crippen molar-refractivity contribution in [2.75, 3.05) is 53.7 Å². The number of aromatic amines is 2. The summed E-state index contributed by atoms with van der Waals surface area (Å²) >= 11 is 0. The number of methoxy groups -OCH3 is 2. The quantitative estimate of drug-likeness (QED) is 0.105. The number of aryl methyl sites for hydroxylation is 4. The molecule has 18 nitrogen and oxygen atoms in total. The maximum Gasteiger partial charge on any atom is 0.407 e. The summed E-state index contributed by atoms with van der Waals surface area (Å²) in [5.74, 6) is -1.55. The number of imidazole rings is 2. The van der Waals surface area contributed by atoms with Gasteiger partial charge in [0.2, 0.25) is 11.8 Å². The van der Waals surface area contributed by atoms with Gasteiger partial charge in [-0.1, -0.05) is 76.2 Å². The Hall–Kier alpha value is -6.86. The second kappa shape index (κ2) is 19.8. The third-order valence-corrected chi connectivity index (χ3v) is 15.5. The summed E-state index contributed by atoms with van der Waals surface area (Å²) in [5.41, 5.74) is 12.7. The molecule has 0 radical (unpaired) electrons. The van der Waals surface area contributed by atoms with Crippen LogP contribution in [0, 0.1) is 11.8 Å². The van der Waals surface area contributed by atoms with E-state index in [2.05, 4.69) is 81.3 Å². The average Bonchev–Trinajstić information content (AvgIpc) is 4.28. The number of likely N-dealkylation sites (tertiary alicyclic amines) is 2. The van der Waals surface area contributed by atoms with E-state index in [0.29, 0.717) is 50.9 Å². The monoisotopic (exact) mass is 1010 g/mol. The van der Waals surface area contributed by atoms with Crippen LogP contribution in [0.1, 0.15) is 86.5 Å². The van der Waals surface area contributed by atoms with Crippen LogP contribution in [-0.4, -0.2) is 131 Å². The number of benzene rings is 4. The molecular formula is C56H64N8O10. The number of nitrogens with zero attached hydrogens (tertiary/aromatic N) is 4. The van der Waals surface area contributed by atoms with Crippen LogP contribution < -0.4 is 10.6 Å². The van der Waals surface area contributed by atoms with Crippen molar-refractivity contribution in [2.45, 2.75) is 102 Å². The third kappa shape index (κ3) is 9.37. The highest BCUT2D eigenvalue weighted by molar-refractivity contribution is 5.89. The number of hydrogen-bond acceptors (Lipinski definition) is 12. The molecule has 4 atom stereocenters. The minimum Gasteiger partial charge on any atom is -0.453 e. The number of aromatic nitrogens is 4. The summed E-state index contributed by atoms with van der Waals surface area (Å²) in [6.07, 6.45) is 2.75. The zero-order chi connectivity index (χ0) is 51.5. The zero-order valence-electron chi connectivity index (χ0n) is 42.7. The number of fused-ring (bicyclic) bond motifs is 2. The molecule has 6 heterocycles. The van der Waals surface area contributed by atoms with E-state index in [1.54, 1.807) is 9.80 Å². The summed E-state index contributed by atoms with van der Waals surface area (Å²) in [4.78, 5) is 73.9. The summed E-state index contributed by atoms with van der Waals surface area (Å²) in [6, 6.07) is 23.7. The summed E-state index contributed by atoms with van der Waals surface area (Å²) in [6.45, 7) is 9.71. The summed E-state index contributed by atoms with van der Waals surface area (Å²) in [5, 5.41) is 5.47. The van der Waals surface area contributed by atoms with Gasteiger partial charge in [0.05, 0.1) is 87.9 Å². The molecule has 6 aromatic rings. The molecule has 8 aliphatic rings. The van der Waals surface area contributed by atoms with Gasteiger partial charge in [-0.15, -0.1) is 0 Å². The van der Waals surface area contributed by atoms with Crippen molar-refractivity contribution in [3.8, 4) is 22.3 Å². The number of amides is 4. The fraction of sp³-hybridized carbons (Fsp3) is 0.464. The molecular weight excluding hydrogens is 945 g/mol. The molecule has 4 saturated heterocycles. The molecule has 74 heavy (non-hydrogen) atoms. The SMILES string of the molecule is COC(=O)NC(C(=O)N1CC2(CC1c1nc3ccc(-c4cc5ccc4CCc4ccc(c(-c6ccc7nc(C8CC9(CN8C(=O)C(NC(=O)OC)C(C)C)OCCO9)[nH]c7c6)c4)CC5)cc3[nH]1)OCCO2)C(C)C. The Balaban J connectivity index is 0.848. The smallest absolute Gasteiger partial charge is 0.407 e. The Kier molecular flexibility index (Phi) is 13.2. The van der Waals surface area contributed by atoms with E-state index in [1.807, 2.05) is 39.8 Å². The van der Waals surface area contributed by atoms with Crippen LogP contribution in [0.25, 0.3) is 44.3 Å². The number of hydrogen-bond donors (Lipinski definition) is 4.